The first-order valence-electron chi connectivity index (χ1n) is 8.87. The van der Waals surface area contributed by atoms with Crippen molar-refractivity contribution in [2.45, 2.75) is 55.4 Å². The quantitative estimate of drug-likeness (QED) is 0.293. The molecule has 0 rings (SSSR count). The molecule has 9 heteroatoms. The lowest BCUT2D eigenvalue weighted by molar-refractivity contribution is 0.182. The molecular formula is C16H36O6P2S. The second-order valence-corrected chi connectivity index (χ2v) is 15.4. The van der Waals surface area contributed by atoms with E-state index in [1.807, 2.05) is 55.4 Å². The molecule has 0 aromatic rings. The fourth-order valence-electron chi connectivity index (χ4n) is 1.25. The van der Waals surface area contributed by atoms with Gasteiger partial charge >= 0.3 is 13.6 Å². The Bertz CT molecular complexity index is 382. The summed E-state index contributed by atoms with van der Waals surface area (Å²) in [5.74, 6) is 0.682. The molecule has 0 fully saturated rings. The standard InChI is InChI=1S/C16H36O6P2S/c1-13(2)9-19-23(17,20-10-14(3)4)25-24(18,21-11-15(5)6)22-12-16(7)8/h13-16H,9-12H2,1-8H3. The molecule has 6 nitrogen and oxygen atoms in total. The third-order valence-corrected chi connectivity index (χ3v) is 10.8. The summed E-state index contributed by atoms with van der Waals surface area (Å²) >= 11 is 0.585. The molecule has 0 aliphatic carbocycles. The fourth-order valence-corrected chi connectivity index (χ4v) is 9.69. The lowest BCUT2D eigenvalue weighted by Crippen LogP contribution is -2.07. The first kappa shape index (κ1) is 25.6. The molecule has 0 aliphatic rings. The van der Waals surface area contributed by atoms with Crippen molar-refractivity contribution < 1.29 is 27.2 Å². The largest absolute Gasteiger partial charge is 0.400 e. The van der Waals surface area contributed by atoms with Crippen LogP contribution in [0.3, 0.4) is 0 Å². The van der Waals surface area contributed by atoms with Crippen LogP contribution in [0.15, 0.2) is 0 Å². The Balaban J connectivity index is 5.24. The Morgan fingerprint density at radius 2 is 0.760 bits per heavy atom. The van der Waals surface area contributed by atoms with Gasteiger partial charge in [0.15, 0.2) is 0 Å². The van der Waals surface area contributed by atoms with Crippen LogP contribution in [0.5, 0.6) is 0 Å². The molecule has 0 aliphatic heterocycles. The van der Waals surface area contributed by atoms with Gasteiger partial charge in [0.1, 0.15) is 0 Å². The second-order valence-electron chi connectivity index (χ2n) is 7.73. The minimum Gasteiger partial charge on any atom is -0.300 e. The van der Waals surface area contributed by atoms with Gasteiger partial charge in [-0.3, -0.25) is 0 Å². The van der Waals surface area contributed by atoms with Gasteiger partial charge in [-0.15, -0.1) is 0 Å². The van der Waals surface area contributed by atoms with Gasteiger partial charge in [0, 0.05) is 0 Å². The topological polar surface area (TPSA) is 71.1 Å². The lowest BCUT2D eigenvalue weighted by Gasteiger charge is -2.25. The summed E-state index contributed by atoms with van der Waals surface area (Å²) in [6, 6.07) is 0. The molecule has 0 unspecified atom stereocenters. The zero-order chi connectivity index (χ0) is 19.7. The van der Waals surface area contributed by atoms with Crippen molar-refractivity contribution in [3.63, 3.8) is 0 Å². The lowest BCUT2D eigenvalue weighted by atomic mass is 10.2. The maximum absolute atomic E-state index is 13.1. The van der Waals surface area contributed by atoms with Gasteiger partial charge in [-0.05, 0) is 23.7 Å². The molecule has 152 valence electrons. The van der Waals surface area contributed by atoms with Crippen LogP contribution in [0, 0.1) is 23.7 Å². The van der Waals surface area contributed by atoms with Gasteiger partial charge in [-0.25, -0.2) is 9.13 Å². The summed E-state index contributed by atoms with van der Waals surface area (Å²) < 4.78 is 48.3. The maximum Gasteiger partial charge on any atom is 0.400 e. The molecule has 0 saturated heterocycles. The fraction of sp³-hybridized carbons (Fsp3) is 1.00. The molecule has 0 heterocycles. The van der Waals surface area contributed by atoms with E-state index in [9.17, 15) is 9.13 Å². The van der Waals surface area contributed by atoms with Crippen molar-refractivity contribution in [2.24, 2.45) is 23.7 Å². The van der Waals surface area contributed by atoms with E-state index in [1.165, 1.54) is 0 Å². The van der Waals surface area contributed by atoms with Crippen LogP contribution < -0.4 is 0 Å². The van der Waals surface area contributed by atoms with Gasteiger partial charge in [0.25, 0.3) is 0 Å². The van der Waals surface area contributed by atoms with Crippen molar-refractivity contribution >= 4 is 24.6 Å². The summed E-state index contributed by atoms with van der Waals surface area (Å²) in [6.45, 7) is 9.23. The summed E-state index contributed by atoms with van der Waals surface area (Å²) in [7, 11) is 0. The molecule has 0 saturated carbocycles. The van der Waals surface area contributed by atoms with Crippen molar-refractivity contribution in [3.8, 4) is 0 Å². The highest BCUT2D eigenvalue weighted by Crippen LogP contribution is 2.79. The molecule has 0 radical (unpaired) electrons. The van der Waals surface area contributed by atoms with E-state index < -0.39 is 13.6 Å². The monoisotopic (exact) mass is 418 g/mol. The highest BCUT2D eigenvalue weighted by molar-refractivity contribution is 8.84. The molecular weight excluding hydrogens is 382 g/mol. The van der Waals surface area contributed by atoms with E-state index in [0.717, 1.165) is 0 Å². The normalized spacial score (nSPS) is 13.6. The molecule has 0 bridgehead atoms. The minimum absolute atomic E-state index is 0.170. The average molecular weight is 418 g/mol. The number of hydrogen-bond donors (Lipinski definition) is 0. The summed E-state index contributed by atoms with van der Waals surface area (Å²) in [5.41, 5.74) is 0. The van der Waals surface area contributed by atoms with Crippen LogP contribution in [0.2, 0.25) is 0 Å². The highest BCUT2D eigenvalue weighted by Gasteiger charge is 2.41. The summed E-state index contributed by atoms with van der Waals surface area (Å²) in [4.78, 5) is 0. The number of rotatable bonds is 14. The Morgan fingerprint density at radius 3 is 0.920 bits per heavy atom. The maximum atomic E-state index is 13.1. The molecule has 0 aromatic heterocycles. The molecule has 0 amide bonds. The van der Waals surface area contributed by atoms with Crippen LogP contribution in [0.4, 0.5) is 0 Å². The van der Waals surface area contributed by atoms with Crippen molar-refractivity contribution in [2.75, 3.05) is 26.4 Å². The smallest absolute Gasteiger partial charge is 0.300 e. The van der Waals surface area contributed by atoms with E-state index >= 15 is 0 Å². The van der Waals surface area contributed by atoms with Gasteiger partial charge < -0.3 is 18.1 Å². The van der Waals surface area contributed by atoms with Crippen LogP contribution >= 0.6 is 24.6 Å². The van der Waals surface area contributed by atoms with E-state index in [1.54, 1.807) is 0 Å². The van der Waals surface area contributed by atoms with Crippen molar-refractivity contribution in [1.29, 1.82) is 0 Å². The van der Waals surface area contributed by atoms with Crippen LogP contribution in [0.25, 0.3) is 0 Å². The SMILES string of the molecule is CC(C)COP(=O)(OCC(C)C)SP(=O)(OCC(C)C)OCC(C)C. The van der Waals surface area contributed by atoms with Crippen LogP contribution in [-0.4, -0.2) is 26.4 Å². The molecule has 0 aromatic carbocycles. The molecule has 0 N–H and O–H groups in total. The minimum atomic E-state index is -3.66. The predicted octanol–water partition coefficient (Wildman–Crippen LogP) is 6.63. The molecule has 0 spiro atoms. The van der Waals surface area contributed by atoms with E-state index in [4.69, 9.17) is 18.1 Å². The van der Waals surface area contributed by atoms with Gasteiger partial charge in [0.05, 0.1) is 37.4 Å². The Morgan fingerprint density at radius 1 is 0.560 bits per heavy atom. The van der Waals surface area contributed by atoms with Gasteiger partial charge in [-0.1, -0.05) is 55.4 Å². The van der Waals surface area contributed by atoms with Crippen molar-refractivity contribution in [1.82, 2.24) is 0 Å². The third kappa shape index (κ3) is 13.5. The van der Waals surface area contributed by atoms with Gasteiger partial charge in [0.2, 0.25) is 0 Å². The van der Waals surface area contributed by atoms with E-state index in [2.05, 4.69) is 0 Å². The highest BCUT2D eigenvalue weighted by atomic mass is 33.1. The summed E-state index contributed by atoms with van der Waals surface area (Å²) in [6.07, 6.45) is 0. The zero-order valence-corrected chi connectivity index (χ0v) is 19.5. The number of hydrogen-bond acceptors (Lipinski definition) is 7. The van der Waals surface area contributed by atoms with E-state index in [0.29, 0.717) is 11.0 Å². The van der Waals surface area contributed by atoms with Crippen LogP contribution in [-0.2, 0) is 27.2 Å². The average Bonchev–Trinajstić information content (AvgIpc) is 2.48. The Labute approximate surface area is 157 Å². The second kappa shape index (κ2) is 12.2. The van der Waals surface area contributed by atoms with Crippen LogP contribution in [0.1, 0.15) is 55.4 Å². The zero-order valence-electron chi connectivity index (χ0n) is 16.9. The summed E-state index contributed by atoms with van der Waals surface area (Å²) in [5, 5.41) is 0. The van der Waals surface area contributed by atoms with E-state index in [-0.39, 0.29) is 50.1 Å². The molecule has 25 heavy (non-hydrogen) atoms. The van der Waals surface area contributed by atoms with Gasteiger partial charge in [-0.2, -0.15) is 0 Å². The van der Waals surface area contributed by atoms with Crippen molar-refractivity contribution in [3.05, 3.63) is 0 Å². The first-order chi connectivity index (χ1) is 11.4. The Kier molecular flexibility index (Phi) is 12.5. The first-order valence-corrected chi connectivity index (χ1v) is 14.0. The predicted molar refractivity (Wildman–Crippen MR) is 106 cm³/mol. The molecule has 0 atom stereocenters. The Hall–Kier alpha value is 0.650. The third-order valence-electron chi connectivity index (χ3n) is 2.46.